The second kappa shape index (κ2) is 9.48. The van der Waals surface area contributed by atoms with Gasteiger partial charge in [-0.05, 0) is 37.3 Å². The summed E-state index contributed by atoms with van der Waals surface area (Å²) in [4.78, 5) is 2.10. The van der Waals surface area contributed by atoms with E-state index in [1.54, 1.807) is 25.1 Å². The minimum atomic E-state index is -4.04. The van der Waals surface area contributed by atoms with Crippen LogP contribution in [0.15, 0.2) is 47.4 Å². The van der Waals surface area contributed by atoms with Crippen molar-refractivity contribution in [3.05, 3.63) is 42.5 Å². The molecule has 1 aliphatic heterocycles. The quantitative estimate of drug-likeness (QED) is 0.679. The standard InChI is InChI=1S/C20H25F2N3O4S/c1-3-25(16-6-4-5-7-19(16)29-20(21)22)30(26,27)15-8-9-18(28-2)17(14-15)24-12-10-23-11-13-24/h4-9,14,20,23H,3,10-13H2,1-2H3. The lowest BCUT2D eigenvalue weighted by atomic mass is 10.2. The van der Waals surface area contributed by atoms with Crippen molar-refractivity contribution in [3.63, 3.8) is 0 Å². The molecule has 2 aromatic rings. The predicted molar refractivity (Wildman–Crippen MR) is 111 cm³/mol. The van der Waals surface area contributed by atoms with Crippen LogP contribution in [0.1, 0.15) is 6.92 Å². The van der Waals surface area contributed by atoms with E-state index in [2.05, 4.69) is 15.0 Å². The summed E-state index contributed by atoms with van der Waals surface area (Å²) in [5.74, 6) is 0.370. The van der Waals surface area contributed by atoms with Crippen molar-refractivity contribution in [2.45, 2.75) is 18.4 Å². The highest BCUT2D eigenvalue weighted by atomic mass is 32.2. The van der Waals surface area contributed by atoms with Gasteiger partial charge in [0.1, 0.15) is 11.5 Å². The number of benzene rings is 2. The summed E-state index contributed by atoms with van der Waals surface area (Å²) in [6.07, 6.45) is 0. The van der Waals surface area contributed by atoms with Crippen molar-refractivity contribution in [1.82, 2.24) is 5.32 Å². The molecule has 0 aliphatic carbocycles. The van der Waals surface area contributed by atoms with E-state index in [1.165, 1.54) is 31.4 Å². The van der Waals surface area contributed by atoms with E-state index < -0.39 is 16.6 Å². The summed E-state index contributed by atoms with van der Waals surface area (Å²) in [6.45, 7) is 1.59. The molecule has 10 heteroatoms. The number of sulfonamides is 1. The van der Waals surface area contributed by atoms with E-state index in [0.29, 0.717) is 24.5 Å². The van der Waals surface area contributed by atoms with Gasteiger partial charge in [-0.15, -0.1) is 0 Å². The number of halogens is 2. The van der Waals surface area contributed by atoms with Gasteiger partial charge in [-0.3, -0.25) is 4.31 Å². The van der Waals surface area contributed by atoms with E-state index in [-0.39, 0.29) is 22.9 Å². The first-order chi connectivity index (χ1) is 14.4. The van der Waals surface area contributed by atoms with E-state index in [0.717, 1.165) is 17.4 Å². The molecule has 7 nitrogen and oxygen atoms in total. The van der Waals surface area contributed by atoms with Crippen LogP contribution >= 0.6 is 0 Å². The van der Waals surface area contributed by atoms with Crippen LogP contribution in [0.3, 0.4) is 0 Å². The number of rotatable bonds is 8. The van der Waals surface area contributed by atoms with Gasteiger partial charge < -0.3 is 19.7 Å². The number of ether oxygens (including phenoxy) is 2. The topological polar surface area (TPSA) is 71.1 Å². The predicted octanol–water partition coefficient (Wildman–Crippen LogP) is 2.92. The third-order valence-corrected chi connectivity index (χ3v) is 6.72. The Morgan fingerprint density at radius 2 is 1.83 bits per heavy atom. The van der Waals surface area contributed by atoms with Crippen molar-refractivity contribution >= 4 is 21.4 Å². The molecule has 0 saturated carbocycles. The van der Waals surface area contributed by atoms with Gasteiger partial charge >= 0.3 is 6.61 Å². The van der Waals surface area contributed by atoms with Gasteiger partial charge in [0.05, 0.1) is 23.4 Å². The molecular weight excluding hydrogens is 416 g/mol. The second-order valence-electron chi connectivity index (χ2n) is 6.59. The summed E-state index contributed by atoms with van der Waals surface area (Å²) >= 11 is 0. The molecule has 1 N–H and O–H groups in total. The molecule has 0 amide bonds. The van der Waals surface area contributed by atoms with Crippen LogP contribution in [-0.2, 0) is 10.0 Å². The molecule has 0 atom stereocenters. The number of hydrogen-bond donors (Lipinski definition) is 1. The number of nitrogens with one attached hydrogen (secondary N) is 1. The molecule has 0 spiro atoms. The van der Waals surface area contributed by atoms with E-state index in [4.69, 9.17) is 4.74 Å². The normalized spacial score (nSPS) is 14.6. The fraction of sp³-hybridized carbons (Fsp3) is 0.400. The molecule has 0 bridgehead atoms. The molecule has 1 aliphatic rings. The van der Waals surface area contributed by atoms with Crippen LogP contribution in [0.2, 0.25) is 0 Å². The molecule has 1 saturated heterocycles. The average Bonchev–Trinajstić information content (AvgIpc) is 2.75. The molecular formula is C20H25F2N3O4S. The summed E-state index contributed by atoms with van der Waals surface area (Å²) in [7, 11) is -2.50. The Bertz CT molecular complexity index is 966. The van der Waals surface area contributed by atoms with Gasteiger partial charge in [0.25, 0.3) is 10.0 Å². The molecule has 30 heavy (non-hydrogen) atoms. The summed E-state index contributed by atoms with van der Waals surface area (Å²) < 4.78 is 63.6. The lowest BCUT2D eigenvalue weighted by Crippen LogP contribution is -2.43. The highest BCUT2D eigenvalue weighted by Crippen LogP contribution is 2.36. The second-order valence-corrected chi connectivity index (χ2v) is 8.45. The molecule has 3 rings (SSSR count). The lowest BCUT2D eigenvalue weighted by Gasteiger charge is -2.31. The van der Waals surface area contributed by atoms with Crippen LogP contribution in [0.25, 0.3) is 0 Å². The first kappa shape index (κ1) is 22.1. The Morgan fingerprint density at radius 3 is 2.47 bits per heavy atom. The van der Waals surface area contributed by atoms with Crippen molar-refractivity contribution in [2.75, 3.05) is 49.0 Å². The molecule has 1 fully saturated rings. The van der Waals surface area contributed by atoms with Crippen LogP contribution in [-0.4, -0.2) is 54.9 Å². The van der Waals surface area contributed by atoms with Crippen LogP contribution in [0.5, 0.6) is 11.5 Å². The van der Waals surface area contributed by atoms with Gasteiger partial charge in [0.2, 0.25) is 0 Å². The van der Waals surface area contributed by atoms with Crippen molar-refractivity contribution < 1.29 is 26.7 Å². The van der Waals surface area contributed by atoms with Gasteiger partial charge in [-0.1, -0.05) is 12.1 Å². The maximum atomic E-state index is 13.4. The highest BCUT2D eigenvalue weighted by Gasteiger charge is 2.28. The Hall–Kier alpha value is -2.59. The van der Waals surface area contributed by atoms with Gasteiger partial charge in [0, 0.05) is 32.7 Å². The van der Waals surface area contributed by atoms with Crippen molar-refractivity contribution in [1.29, 1.82) is 0 Å². The van der Waals surface area contributed by atoms with E-state index >= 15 is 0 Å². The monoisotopic (exact) mass is 441 g/mol. The summed E-state index contributed by atoms with van der Waals surface area (Å²) in [5.41, 5.74) is 0.730. The summed E-state index contributed by atoms with van der Waals surface area (Å²) in [5, 5.41) is 3.25. The van der Waals surface area contributed by atoms with Gasteiger partial charge in [0.15, 0.2) is 0 Å². The highest BCUT2D eigenvalue weighted by molar-refractivity contribution is 7.92. The maximum Gasteiger partial charge on any atom is 0.387 e. The van der Waals surface area contributed by atoms with Crippen LogP contribution in [0.4, 0.5) is 20.2 Å². The van der Waals surface area contributed by atoms with Gasteiger partial charge in [-0.25, -0.2) is 8.42 Å². The lowest BCUT2D eigenvalue weighted by molar-refractivity contribution is -0.0494. The van der Waals surface area contributed by atoms with Crippen molar-refractivity contribution in [3.8, 4) is 11.5 Å². The third-order valence-electron chi connectivity index (χ3n) is 4.83. The minimum absolute atomic E-state index is 0.0426. The zero-order valence-corrected chi connectivity index (χ0v) is 17.7. The Balaban J connectivity index is 2.03. The number of methoxy groups -OCH3 is 1. The number of alkyl halides is 2. The summed E-state index contributed by atoms with van der Waals surface area (Å²) in [6, 6.07) is 10.5. The molecule has 0 aromatic heterocycles. The minimum Gasteiger partial charge on any atom is -0.495 e. The fourth-order valence-electron chi connectivity index (χ4n) is 3.44. The van der Waals surface area contributed by atoms with Gasteiger partial charge in [-0.2, -0.15) is 8.78 Å². The maximum absolute atomic E-state index is 13.4. The molecule has 2 aromatic carbocycles. The SMILES string of the molecule is CCN(c1ccccc1OC(F)F)S(=O)(=O)c1ccc(OC)c(N2CCNCC2)c1. The number of anilines is 2. The average molecular weight is 442 g/mol. The number of para-hydroxylation sites is 2. The molecule has 0 radical (unpaired) electrons. The fourth-order valence-corrected chi connectivity index (χ4v) is 4.94. The molecule has 1 heterocycles. The number of piperazine rings is 1. The van der Waals surface area contributed by atoms with Crippen LogP contribution in [0, 0.1) is 0 Å². The Kier molecular flexibility index (Phi) is 6.99. The number of hydrogen-bond acceptors (Lipinski definition) is 6. The third kappa shape index (κ3) is 4.59. The smallest absolute Gasteiger partial charge is 0.387 e. The zero-order chi connectivity index (χ0) is 21.7. The number of nitrogens with zero attached hydrogens (tertiary/aromatic N) is 2. The Morgan fingerprint density at radius 1 is 1.13 bits per heavy atom. The first-order valence-corrected chi connectivity index (χ1v) is 11.0. The van der Waals surface area contributed by atoms with E-state index in [9.17, 15) is 17.2 Å². The van der Waals surface area contributed by atoms with Crippen LogP contribution < -0.4 is 24.0 Å². The molecule has 164 valence electrons. The van der Waals surface area contributed by atoms with E-state index in [1.807, 2.05) is 0 Å². The Labute approximate surface area is 175 Å². The largest absolute Gasteiger partial charge is 0.495 e. The first-order valence-electron chi connectivity index (χ1n) is 9.58. The zero-order valence-electron chi connectivity index (χ0n) is 16.8. The van der Waals surface area contributed by atoms with Crippen molar-refractivity contribution in [2.24, 2.45) is 0 Å². The molecule has 0 unspecified atom stereocenters.